The molecule has 224 valence electrons. The zero-order valence-electron chi connectivity index (χ0n) is 26.0. The molecule has 4 rings (SSSR count). The predicted octanol–water partition coefficient (Wildman–Crippen LogP) is 9.23. The smallest absolute Gasteiger partial charge is 0.410 e. The summed E-state index contributed by atoms with van der Waals surface area (Å²) >= 11 is 10.2. The van der Waals surface area contributed by atoms with Crippen molar-refractivity contribution in [1.82, 2.24) is 9.80 Å². The van der Waals surface area contributed by atoms with E-state index in [4.69, 9.17) is 21.3 Å². The van der Waals surface area contributed by atoms with Crippen molar-refractivity contribution in [2.24, 2.45) is 16.8 Å². The summed E-state index contributed by atoms with van der Waals surface area (Å²) in [6, 6.07) is 6.58. The molecule has 0 aromatic heterocycles. The first-order valence-electron chi connectivity index (χ1n) is 15.2. The van der Waals surface area contributed by atoms with Gasteiger partial charge in [0.15, 0.2) is 0 Å². The summed E-state index contributed by atoms with van der Waals surface area (Å²) in [5.41, 5.74) is 4.83. The van der Waals surface area contributed by atoms with Crippen molar-refractivity contribution in [3.63, 3.8) is 0 Å². The second-order valence-electron chi connectivity index (χ2n) is 12.9. The van der Waals surface area contributed by atoms with Crippen LogP contribution in [0.2, 0.25) is 5.02 Å². The molecule has 2 heterocycles. The Kier molecular flexibility index (Phi) is 11.8. The fourth-order valence-corrected chi connectivity index (χ4v) is 6.49. The van der Waals surface area contributed by atoms with Crippen molar-refractivity contribution in [3.8, 4) is 0 Å². The number of aryl methyl sites for hydroxylation is 1. The molecule has 2 aliphatic heterocycles. The van der Waals surface area contributed by atoms with Crippen molar-refractivity contribution in [2.45, 2.75) is 110 Å². The summed E-state index contributed by atoms with van der Waals surface area (Å²) in [7, 11) is 0. The Morgan fingerprint density at radius 1 is 1.00 bits per heavy atom. The standard InChI is InChI=1S/C31H45BrClN3O2.C2H6/c1-21-7-8-24-19-25(33)9-10-26(24)28(27(21)34-20-31(5,6)32)35-15-11-22(12-16-35)23-13-17-36(18-14-23)29(37)38-30(2,3)4;1-2/h9-10,19-20,22-23,28H,7-8,11-18H2,1-6H3;1-2H3. The number of carbonyl (C=O) groups excluding carboxylic acids is 1. The quantitative estimate of drug-likeness (QED) is 0.244. The minimum Gasteiger partial charge on any atom is -0.444 e. The number of fused-ring (bicyclic) bond motifs is 1. The molecule has 1 aromatic carbocycles. The normalized spacial score (nSPS) is 22.1. The van der Waals surface area contributed by atoms with E-state index in [-0.39, 0.29) is 16.5 Å². The summed E-state index contributed by atoms with van der Waals surface area (Å²) < 4.78 is 5.45. The lowest BCUT2D eigenvalue weighted by atomic mass is 9.78. The summed E-state index contributed by atoms with van der Waals surface area (Å²) in [5.74, 6) is 1.39. The van der Waals surface area contributed by atoms with Gasteiger partial charge in [-0.2, -0.15) is 0 Å². The van der Waals surface area contributed by atoms with Crippen LogP contribution in [0.1, 0.15) is 105 Å². The summed E-state index contributed by atoms with van der Waals surface area (Å²) in [6.45, 7) is 20.0. The molecule has 0 bridgehead atoms. The number of hydrogen-bond acceptors (Lipinski definition) is 4. The average Bonchev–Trinajstić information content (AvgIpc) is 3.03. The lowest BCUT2D eigenvalue weighted by Crippen LogP contribution is -2.45. The molecule has 1 aliphatic carbocycles. The zero-order chi connectivity index (χ0) is 29.7. The van der Waals surface area contributed by atoms with Gasteiger partial charge in [-0.1, -0.05) is 47.4 Å². The molecule has 1 aromatic rings. The molecule has 0 spiro atoms. The molecule has 0 N–H and O–H groups in total. The highest BCUT2D eigenvalue weighted by molar-refractivity contribution is 9.10. The van der Waals surface area contributed by atoms with Crippen LogP contribution in [0.4, 0.5) is 4.79 Å². The molecule has 1 unspecified atom stereocenters. The Labute approximate surface area is 256 Å². The molecule has 0 saturated carbocycles. The van der Waals surface area contributed by atoms with E-state index in [0.717, 1.165) is 56.9 Å². The number of alkyl halides is 1. The number of likely N-dealkylation sites (tertiary alicyclic amines) is 2. The number of amides is 1. The van der Waals surface area contributed by atoms with Gasteiger partial charge in [0.2, 0.25) is 0 Å². The maximum Gasteiger partial charge on any atom is 0.410 e. The Balaban J connectivity index is 0.00000216. The molecule has 40 heavy (non-hydrogen) atoms. The lowest BCUT2D eigenvalue weighted by molar-refractivity contribution is 0.0129. The van der Waals surface area contributed by atoms with Crippen LogP contribution in [0, 0.1) is 11.8 Å². The van der Waals surface area contributed by atoms with E-state index < -0.39 is 5.60 Å². The largest absolute Gasteiger partial charge is 0.444 e. The van der Waals surface area contributed by atoms with Gasteiger partial charge in [0, 0.05) is 24.3 Å². The Hall–Kier alpha value is -1.37. The van der Waals surface area contributed by atoms with Crippen molar-refractivity contribution in [1.29, 1.82) is 0 Å². The molecule has 2 saturated heterocycles. The third kappa shape index (κ3) is 9.06. The van der Waals surface area contributed by atoms with Crippen molar-refractivity contribution in [3.05, 3.63) is 45.6 Å². The first kappa shape index (κ1) is 33.1. The van der Waals surface area contributed by atoms with Crippen LogP contribution in [-0.2, 0) is 11.2 Å². The minimum atomic E-state index is -0.442. The fourth-order valence-electron chi connectivity index (χ4n) is 6.19. The monoisotopic (exact) mass is 635 g/mol. The van der Waals surface area contributed by atoms with Crippen LogP contribution in [0.3, 0.4) is 0 Å². The van der Waals surface area contributed by atoms with Gasteiger partial charge in [-0.25, -0.2) is 4.79 Å². The second kappa shape index (κ2) is 14.2. The van der Waals surface area contributed by atoms with Gasteiger partial charge in [0.05, 0.1) is 16.1 Å². The van der Waals surface area contributed by atoms with Gasteiger partial charge in [0.1, 0.15) is 5.60 Å². The molecule has 2 fully saturated rings. The van der Waals surface area contributed by atoms with Crippen molar-refractivity contribution in [2.75, 3.05) is 26.2 Å². The van der Waals surface area contributed by atoms with Gasteiger partial charge in [-0.15, -0.1) is 0 Å². The van der Waals surface area contributed by atoms with Gasteiger partial charge < -0.3 is 9.64 Å². The lowest BCUT2D eigenvalue weighted by Gasteiger charge is -2.43. The summed E-state index contributed by atoms with van der Waals surface area (Å²) in [5, 5.41) is 0.810. The van der Waals surface area contributed by atoms with E-state index in [1.807, 2.05) is 51.8 Å². The SMILES string of the molecule is CC.CC1=C(N=CC(C)(C)Br)C(N2CCC(C3CCN(C(=O)OC(C)(C)C)CC3)CC2)c2ccc(Cl)cc2CC1. The number of halogens is 2. The van der Waals surface area contributed by atoms with Crippen LogP contribution in [-0.4, -0.2) is 58.2 Å². The van der Waals surface area contributed by atoms with Gasteiger partial charge in [0.25, 0.3) is 0 Å². The fraction of sp³-hybridized carbons (Fsp3) is 0.697. The number of carbonyl (C=O) groups is 1. The summed E-state index contributed by atoms with van der Waals surface area (Å²) in [4.78, 5) is 22.2. The van der Waals surface area contributed by atoms with Crippen LogP contribution < -0.4 is 0 Å². The number of rotatable bonds is 4. The first-order valence-corrected chi connectivity index (χ1v) is 16.4. The molecule has 1 atom stereocenters. The highest BCUT2D eigenvalue weighted by Gasteiger charge is 2.36. The van der Waals surface area contributed by atoms with E-state index >= 15 is 0 Å². The Bertz CT molecular complexity index is 1060. The van der Waals surface area contributed by atoms with E-state index in [1.54, 1.807) is 0 Å². The maximum atomic E-state index is 12.5. The maximum absolute atomic E-state index is 12.5. The zero-order valence-corrected chi connectivity index (χ0v) is 28.4. The number of hydrogen-bond donors (Lipinski definition) is 0. The van der Waals surface area contributed by atoms with Crippen LogP contribution in [0.25, 0.3) is 0 Å². The number of aliphatic imine (C=N–C) groups is 1. The predicted molar refractivity (Wildman–Crippen MR) is 173 cm³/mol. The Morgan fingerprint density at radius 2 is 1.57 bits per heavy atom. The molecule has 5 nitrogen and oxygen atoms in total. The number of allylic oxidation sites excluding steroid dienone is 1. The third-order valence-electron chi connectivity index (χ3n) is 8.17. The van der Waals surface area contributed by atoms with E-state index in [0.29, 0.717) is 11.8 Å². The highest BCUT2D eigenvalue weighted by atomic mass is 79.9. The topological polar surface area (TPSA) is 45.1 Å². The average molecular weight is 637 g/mol. The second-order valence-corrected chi connectivity index (χ2v) is 15.4. The van der Waals surface area contributed by atoms with E-state index in [2.05, 4.69) is 53.7 Å². The molecule has 1 amide bonds. The number of ether oxygens (including phenoxy) is 1. The number of nitrogens with zero attached hydrogens (tertiary/aromatic N) is 3. The number of piperidine rings is 2. The molecule has 7 heteroatoms. The van der Waals surface area contributed by atoms with Gasteiger partial charge in [-0.05, 0) is 134 Å². The van der Waals surface area contributed by atoms with Gasteiger partial charge in [-0.3, -0.25) is 9.89 Å². The summed E-state index contributed by atoms with van der Waals surface area (Å²) in [6.07, 6.45) is 8.42. The molecule has 3 aliphatic rings. The molecular formula is C33H51BrClN3O2. The minimum absolute atomic E-state index is 0.152. The van der Waals surface area contributed by atoms with Crippen molar-refractivity contribution < 1.29 is 9.53 Å². The van der Waals surface area contributed by atoms with Crippen LogP contribution >= 0.6 is 27.5 Å². The Morgan fingerprint density at radius 3 is 2.12 bits per heavy atom. The van der Waals surface area contributed by atoms with E-state index in [9.17, 15) is 4.79 Å². The first-order chi connectivity index (χ1) is 18.8. The number of benzene rings is 1. The van der Waals surface area contributed by atoms with Crippen LogP contribution in [0.5, 0.6) is 0 Å². The highest BCUT2D eigenvalue weighted by Crippen LogP contribution is 2.42. The van der Waals surface area contributed by atoms with E-state index in [1.165, 1.54) is 35.2 Å². The molecule has 0 radical (unpaired) electrons. The molecular weight excluding hydrogens is 586 g/mol. The van der Waals surface area contributed by atoms with Crippen molar-refractivity contribution >= 4 is 39.8 Å². The van der Waals surface area contributed by atoms with Crippen LogP contribution in [0.15, 0.2) is 34.5 Å². The van der Waals surface area contributed by atoms with Gasteiger partial charge >= 0.3 is 6.09 Å². The third-order valence-corrected chi connectivity index (χ3v) is 8.61.